The lowest BCUT2D eigenvalue weighted by atomic mass is 9.50. The minimum absolute atomic E-state index is 0.0213. The lowest BCUT2D eigenvalue weighted by Gasteiger charge is -2.54. The molecule has 2 unspecified atom stereocenters. The minimum Gasteiger partial charge on any atom is -0.256 e. The molecule has 2 heterocycles. The minimum atomic E-state index is -0.0213. The van der Waals surface area contributed by atoms with E-state index in [9.17, 15) is 0 Å². The van der Waals surface area contributed by atoms with Gasteiger partial charge in [-0.25, -0.2) is 0 Å². The number of aromatic nitrogens is 2. The molecule has 6 aliphatic rings. The van der Waals surface area contributed by atoms with Gasteiger partial charge in [-0.3, -0.25) is 9.97 Å². The summed E-state index contributed by atoms with van der Waals surface area (Å²) in [6.07, 6.45) is 17.2. The van der Waals surface area contributed by atoms with Gasteiger partial charge in [0.05, 0.1) is 11.4 Å². The van der Waals surface area contributed by atoms with Crippen LogP contribution in [0.15, 0.2) is 116 Å². The van der Waals surface area contributed by atoms with Crippen LogP contribution in [0.25, 0.3) is 55.2 Å². The summed E-state index contributed by atoms with van der Waals surface area (Å²) >= 11 is 0. The highest BCUT2D eigenvalue weighted by Crippen LogP contribution is 2.58. The Morgan fingerprint density at radius 3 is 2.11 bits per heavy atom. The summed E-state index contributed by atoms with van der Waals surface area (Å²) < 4.78 is 0. The third-order valence-electron chi connectivity index (χ3n) is 15.8. The highest BCUT2D eigenvalue weighted by atomic mass is 14.7. The predicted molar refractivity (Wildman–Crippen MR) is 232 cm³/mol. The molecule has 2 atom stereocenters. The molecule has 56 heavy (non-hydrogen) atoms. The Kier molecular flexibility index (Phi) is 6.93. The van der Waals surface area contributed by atoms with Gasteiger partial charge < -0.3 is 0 Å². The van der Waals surface area contributed by atoms with Crippen LogP contribution in [-0.4, -0.2) is 9.97 Å². The van der Waals surface area contributed by atoms with Crippen molar-refractivity contribution in [3.63, 3.8) is 0 Å². The summed E-state index contributed by atoms with van der Waals surface area (Å²) in [4.78, 5) is 10.1. The molecular weight excluding hydrogens is 677 g/mol. The van der Waals surface area contributed by atoms with E-state index in [0.717, 1.165) is 29.6 Å². The van der Waals surface area contributed by atoms with Gasteiger partial charge in [-0.2, -0.15) is 0 Å². The first-order valence-electron chi connectivity index (χ1n) is 21.4. The monoisotopic (exact) mass is 726 g/mol. The standard InChI is InChI=1S/C54H50N2/c1-52(2)46-10-5-4-9-43(46)44-16-15-37(25-47(44)52)51-29-39-26-48-49(27-42(39)32-56-51)54(19-17-53(48,3)18-20-54)30-33-11-13-35(14-12-33)50-28-38-23-40-22-34-7-6-8-36(21-34)45(40)24-41(38)31-55-50/h4-5,9-16,23-29,31-32,34,36H,6-8,17-22,30H2,1-3H3. The largest absolute Gasteiger partial charge is 0.256 e. The van der Waals surface area contributed by atoms with Crippen molar-refractivity contribution >= 4 is 21.5 Å². The fraction of sp³-hybridized carbons (Fsp3) is 0.333. The quantitative estimate of drug-likeness (QED) is 0.180. The van der Waals surface area contributed by atoms with Crippen LogP contribution < -0.4 is 0 Å². The Hall–Kier alpha value is -5.08. The van der Waals surface area contributed by atoms with E-state index in [1.807, 2.05) is 0 Å². The van der Waals surface area contributed by atoms with E-state index < -0.39 is 0 Å². The van der Waals surface area contributed by atoms with Gasteiger partial charge in [0.25, 0.3) is 0 Å². The molecule has 276 valence electrons. The first-order valence-corrected chi connectivity index (χ1v) is 21.4. The smallest absolute Gasteiger partial charge is 0.0708 e. The van der Waals surface area contributed by atoms with Crippen molar-refractivity contribution in [2.45, 2.75) is 107 Å². The Morgan fingerprint density at radius 1 is 0.589 bits per heavy atom. The predicted octanol–water partition coefficient (Wildman–Crippen LogP) is 13.6. The van der Waals surface area contributed by atoms with Crippen molar-refractivity contribution in [1.82, 2.24) is 9.97 Å². The van der Waals surface area contributed by atoms with Crippen LogP contribution in [0.2, 0.25) is 0 Å². The van der Waals surface area contributed by atoms with Gasteiger partial charge in [-0.1, -0.05) is 106 Å². The third kappa shape index (κ3) is 4.87. The molecule has 0 saturated heterocycles. The number of nitrogens with zero attached hydrogens (tertiary/aromatic N) is 2. The molecule has 7 aromatic rings. The highest BCUT2D eigenvalue weighted by Gasteiger charge is 2.50. The van der Waals surface area contributed by atoms with E-state index in [1.54, 1.807) is 22.3 Å². The molecule has 6 aliphatic carbocycles. The maximum atomic E-state index is 5.12. The van der Waals surface area contributed by atoms with Crippen LogP contribution >= 0.6 is 0 Å². The number of fused-ring (bicyclic) bond motifs is 11. The van der Waals surface area contributed by atoms with Crippen molar-refractivity contribution in [1.29, 1.82) is 0 Å². The van der Waals surface area contributed by atoms with E-state index in [-0.39, 0.29) is 16.2 Å². The lowest BCUT2D eigenvalue weighted by Crippen LogP contribution is -2.47. The molecule has 2 fully saturated rings. The van der Waals surface area contributed by atoms with Crippen LogP contribution in [0.4, 0.5) is 0 Å². The average Bonchev–Trinajstić information content (AvgIpc) is 3.46. The summed E-state index contributed by atoms with van der Waals surface area (Å²) in [6, 6.07) is 40.0. The molecule has 5 aromatic carbocycles. The van der Waals surface area contributed by atoms with Crippen LogP contribution in [0.1, 0.15) is 117 Å². The maximum Gasteiger partial charge on any atom is 0.0708 e. The van der Waals surface area contributed by atoms with Gasteiger partial charge in [0.1, 0.15) is 0 Å². The Morgan fingerprint density at radius 2 is 1.29 bits per heavy atom. The summed E-state index contributed by atoms with van der Waals surface area (Å²) in [6.45, 7) is 7.24. The van der Waals surface area contributed by atoms with Crippen molar-refractivity contribution in [2.24, 2.45) is 5.92 Å². The van der Waals surface area contributed by atoms with Gasteiger partial charge >= 0.3 is 0 Å². The zero-order chi connectivity index (χ0) is 37.4. The first kappa shape index (κ1) is 33.1. The molecule has 0 spiro atoms. The van der Waals surface area contributed by atoms with Gasteiger partial charge in [0.2, 0.25) is 0 Å². The van der Waals surface area contributed by atoms with Gasteiger partial charge in [0, 0.05) is 39.7 Å². The topological polar surface area (TPSA) is 25.8 Å². The van der Waals surface area contributed by atoms with E-state index in [0.29, 0.717) is 0 Å². The number of hydrogen-bond donors (Lipinski definition) is 0. The molecule has 2 aromatic heterocycles. The number of benzene rings is 5. The van der Waals surface area contributed by atoms with E-state index >= 15 is 0 Å². The van der Waals surface area contributed by atoms with E-state index in [1.165, 1.54) is 118 Å². The highest BCUT2D eigenvalue weighted by molar-refractivity contribution is 5.90. The molecule has 0 radical (unpaired) electrons. The third-order valence-corrected chi connectivity index (χ3v) is 15.8. The SMILES string of the molecule is CC12CCC(Cc3ccc(-c4cc5cc6c(cc5cn4)C4CCCC(C6)C4)cc3)(CC1)c1cc3cnc(-c4ccc5c(c4)C(C)(C)c4ccccc4-5)cc3cc12. The number of pyridine rings is 2. The second kappa shape index (κ2) is 11.7. The molecule has 2 nitrogen and oxygen atoms in total. The first-order chi connectivity index (χ1) is 27.2. The number of hydrogen-bond acceptors (Lipinski definition) is 2. The molecule has 0 amide bonds. The fourth-order valence-corrected chi connectivity index (χ4v) is 12.5. The molecule has 13 rings (SSSR count). The normalized spacial score (nSPS) is 25.1. The molecule has 2 saturated carbocycles. The van der Waals surface area contributed by atoms with Crippen molar-refractivity contribution < 1.29 is 0 Å². The zero-order valence-electron chi connectivity index (χ0n) is 33.1. The number of rotatable bonds is 4. The Labute approximate surface area is 331 Å². The van der Waals surface area contributed by atoms with Gasteiger partial charge in [-0.15, -0.1) is 0 Å². The van der Waals surface area contributed by atoms with Crippen LogP contribution in [-0.2, 0) is 29.1 Å². The molecule has 4 bridgehead atoms. The summed E-state index contributed by atoms with van der Waals surface area (Å²) in [5.74, 6) is 1.65. The lowest BCUT2D eigenvalue weighted by molar-refractivity contribution is 0.172. The van der Waals surface area contributed by atoms with Gasteiger partial charge in [0.15, 0.2) is 0 Å². The Bertz CT molecular complexity index is 2760. The average molecular weight is 727 g/mol. The molecule has 0 N–H and O–H groups in total. The fourth-order valence-electron chi connectivity index (χ4n) is 12.5. The zero-order valence-corrected chi connectivity index (χ0v) is 33.1. The van der Waals surface area contributed by atoms with Crippen LogP contribution in [0.3, 0.4) is 0 Å². The summed E-state index contributed by atoms with van der Waals surface area (Å²) in [5, 5.41) is 5.22. The van der Waals surface area contributed by atoms with Crippen LogP contribution in [0.5, 0.6) is 0 Å². The maximum absolute atomic E-state index is 5.12. The summed E-state index contributed by atoms with van der Waals surface area (Å²) in [7, 11) is 0. The molecular formula is C54H50N2. The van der Waals surface area contributed by atoms with Crippen molar-refractivity contribution in [3.8, 4) is 33.6 Å². The second-order valence-electron chi connectivity index (χ2n) is 19.4. The Balaban J connectivity index is 0.846. The van der Waals surface area contributed by atoms with E-state index in [4.69, 9.17) is 9.97 Å². The van der Waals surface area contributed by atoms with Crippen LogP contribution in [0, 0.1) is 5.92 Å². The van der Waals surface area contributed by atoms with Gasteiger partial charge in [-0.05, 0) is 165 Å². The molecule has 0 aliphatic heterocycles. The van der Waals surface area contributed by atoms with E-state index in [2.05, 4.69) is 136 Å². The summed E-state index contributed by atoms with van der Waals surface area (Å²) in [5.41, 5.74) is 18.3. The molecule has 2 heteroatoms. The second-order valence-corrected chi connectivity index (χ2v) is 19.4. The van der Waals surface area contributed by atoms with Crippen molar-refractivity contribution in [2.75, 3.05) is 0 Å². The van der Waals surface area contributed by atoms with Crippen molar-refractivity contribution in [3.05, 3.63) is 154 Å².